The van der Waals surface area contributed by atoms with Crippen LogP contribution in [0.25, 0.3) is 0 Å². The maximum atomic E-state index is 13.5. The third-order valence-electron chi connectivity index (χ3n) is 3.65. The van der Waals surface area contributed by atoms with E-state index in [-0.39, 0.29) is 12.1 Å². The molecule has 0 aromatic heterocycles. The molecule has 1 aliphatic rings. The van der Waals surface area contributed by atoms with Crippen molar-refractivity contribution in [1.29, 1.82) is 0 Å². The Morgan fingerprint density at radius 2 is 2.16 bits per heavy atom. The van der Waals surface area contributed by atoms with Gasteiger partial charge in [0.05, 0.1) is 6.10 Å². The molecule has 1 saturated heterocycles. The highest BCUT2D eigenvalue weighted by molar-refractivity contribution is 5.19. The number of ether oxygens (including phenoxy) is 1. The zero-order chi connectivity index (χ0) is 13.7. The van der Waals surface area contributed by atoms with Gasteiger partial charge in [-0.05, 0) is 50.2 Å². The maximum Gasteiger partial charge on any atom is 0.162 e. The van der Waals surface area contributed by atoms with Gasteiger partial charge in [-0.3, -0.25) is 0 Å². The molecule has 1 heterocycles. The molecule has 2 nitrogen and oxygen atoms in total. The smallest absolute Gasteiger partial charge is 0.162 e. The van der Waals surface area contributed by atoms with E-state index in [2.05, 4.69) is 0 Å². The standard InChI is InChI=1S/C15H21F2NO/c16-14-6-3-4-11(15(14)17)10-12(18)7-8-13-5-1-2-9-19-13/h3-4,6,12-13H,1-2,5,7-10,18H2. The molecule has 0 bridgehead atoms. The average Bonchev–Trinajstić information content (AvgIpc) is 2.43. The van der Waals surface area contributed by atoms with Crippen molar-refractivity contribution < 1.29 is 13.5 Å². The lowest BCUT2D eigenvalue weighted by atomic mass is 9.98. The Morgan fingerprint density at radius 1 is 1.32 bits per heavy atom. The van der Waals surface area contributed by atoms with E-state index in [9.17, 15) is 8.78 Å². The minimum atomic E-state index is -0.805. The number of nitrogens with two attached hydrogens (primary N) is 1. The van der Waals surface area contributed by atoms with Gasteiger partial charge >= 0.3 is 0 Å². The minimum absolute atomic E-state index is 0.151. The van der Waals surface area contributed by atoms with E-state index < -0.39 is 11.6 Å². The summed E-state index contributed by atoms with van der Waals surface area (Å²) in [6, 6.07) is 4.09. The van der Waals surface area contributed by atoms with Crippen molar-refractivity contribution in [3.63, 3.8) is 0 Å². The molecule has 1 aromatic carbocycles. The Hall–Kier alpha value is -1.00. The number of hydrogen-bond donors (Lipinski definition) is 1. The highest BCUT2D eigenvalue weighted by atomic mass is 19.2. The second-order valence-corrected chi connectivity index (χ2v) is 5.24. The van der Waals surface area contributed by atoms with Crippen LogP contribution in [0.5, 0.6) is 0 Å². The molecule has 1 fully saturated rings. The first-order chi connectivity index (χ1) is 9.16. The van der Waals surface area contributed by atoms with Crippen LogP contribution in [-0.2, 0) is 11.2 Å². The number of rotatable bonds is 5. The summed E-state index contributed by atoms with van der Waals surface area (Å²) in [5.41, 5.74) is 6.36. The lowest BCUT2D eigenvalue weighted by Gasteiger charge is -2.23. The first-order valence-electron chi connectivity index (χ1n) is 6.97. The highest BCUT2D eigenvalue weighted by Gasteiger charge is 2.16. The van der Waals surface area contributed by atoms with E-state index in [1.165, 1.54) is 12.5 Å². The zero-order valence-electron chi connectivity index (χ0n) is 11.1. The van der Waals surface area contributed by atoms with Crippen LogP contribution in [-0.4, -0.2) is 18.8 Å². The van der Waals surface area contributed by atoms with Crippen molar-refractivity contribution >= 4 is 0 Å². The van der Waals surface area contributed by atoms with E-state index in [1.807, 2.05) is 0 Å². The summed E-state index contributed by atoms with van der Waals surface area (Å²) in [5.74, 6) is -1.58. The van der Waals surface area contributed by atoms with Gasteiger partial charge in [-0.2, -0.15) is 0 Å². The normalized spacial score (nSPS) is 21.3. The van der Waals surface area contributed by atoms with Gasteiger partial charge in [-0.15, -0.1) is 0 Å². The van der Waals surface area contributed by atoms with Crippen LogP contribution in [0.3, 0.4) is 0 Å². The summed E-state index contributed by atoms with van der Waals surface area (Å²) in [5, 5.41) is 0. The van der Waals surface area contributed by atoms with E-state index in [1.54, 1.807) is 6.07 Å². The van der Waals surface area contributed by atoms with Crippen LogP contribution in [0, 0.1) is 11.6 Å². The fourth-order valence-corrected chi connectivity index (χ4v) is 2.53. The summed E-state index contributed by atoms with van der Waals surface area (Å²) in [4.78, 5) is 0. The molecule has 2 N–H and O–H groups in total. The number of halogens is 2. The molecule has 0 spiro atoms. The molecule has 0 aliphatic carbocycles. The van der Waals surface area contributed by atoms with E-state index in [0.717, 1.165) is 38.4 Å². The van der Waals surface area contributed by atoms with Crippen LogP contribution < -0.4 is 5.73 Å². The predicted octanol–water partition coefficient (Wildman–Crippen LogP) is 3.18. The predicted molar refractivity (Wildman–Crippen MR) is 70.9 cm³/mol. The summed E-state index contributed by atoms with van der Waals surface area (Å²) >= 11 is 0. The average molecular weight is 269 g/mol. The Labute approximate surface area is 112 Å². The van der Waals surface area contributed by atoms with Crippen LogP contribution in [0.15, 0.2) is 18.2 Å². The Bertz CT molecular complexity index is 405. The van der Waals surface area contributed by atoms with Crippen molar-refractivity contribution in [2.24, 2.45) is 5.73 Å². The quantitative estimate of drug-likeness (QED) is 0.891. The highest BCUT2D eigenvalue weighted by Crippen LogP contribution is 2.19. The molecule has 0 amide bonds. The maximum absolute atomic E-state index is 13.5. The van der Waals surface area contributed by atoms with Gasteiger partial charge in [0.1, 0.15) is 0 Å². The third-order valence-corrected chi connectivity index (χ3v) is 3.65. The minimum Gasteiger partial charge on any atom is -0.378 e. The fourth-order valence-electron chi connectivity index (χ4n) is 2.53. The molecule has 4 heteroatoms. The summed E-state index contributed by atoms with van der Waals surface area (Å²) in [7, 11) is 0. The molecule has 106 valence electrons. The van der Waals surface area contributed by atoms with Gasteiger partial charge in [-0.25, -0.2) is 8.78 Å². The first kappa shape index (κ1) is 14.4. The molecular formula is C15H21F2NO. The Balaban J connectivity index is 1.80. The van der Waals surface area contributed by atoms with Gasteiger partial charge in [0, 0.05) is 12.6 Å². The third kappa shape index (κ3) is 4.25. The summed E-state index contributed by atoms with van der Waals surface area (Å²) < 4.78 is 32.2. The second-order valence-electron chi connectivity index (χ2n) is 5.24. The molecule has 0 saturated carbocycles. The topological polar surface area (TPSA) is 35.2 Å². The van der Waals surface area contributed by atoms with E-state index in [0.29, 0.717) is 12.0 Å². The largest absolute Gasteiger partial charge is 0.378 e. The number of benzene rings is 1. The lowest BCUT2D eigenvalue weighted by Crippen LogP contribution is -2.27. The molecule has 1 aromatic rings. The van der Waals surface area contributed by atoms with Crippen LogP contribution in [0.2, 0.25) is 0 Å². The summed E-state index contributed by atoms with van der Waals surface area (Å²) in [6.45, 7) is 0.832. The monoisotopic (exact) mass is 269 g/mol. The first-order valence-corrected chi connectivity index (χ1v) is 6.97. The van der Waals surface area contributed by atoms with Gasteiger partial charge in [-0.1, -0.05) is 12.1 Å². The molecule has 19 heavy (non-hydrogen) atoms. The van der Waals surface area contributed by atoms with Crippen molar-refractivity contribution in [1.82, 2.24) is 0 Å². The van der Waals surface area contributed by atoms with Crippen LogP contribution >= 0.6 is 0 Å². The Morgan fingerprint density at radius 3 is 2.89 bits per heavy atom. The lowest BCUT2D eigenvalue weighted by molar-refractivity contribution is 0.00914. The SMILES string of the molecule is NC(CCC1CCCCO1)Cc1cccc(F)c1F. The molecule has 2 rings (SSSR count). The van der Waals surface area contributed by atoms with E-state index in [4.69, 9.17) is 10.5 Å². The van der Waals surface area contributed by atoms with Crippen molar-refractivity contribution in [3.05, 3.63) is 35.4 Å². The zero-order valence-corrected chi connectivity index (χ0v) is 11.1. The van der Waals surface area contributed by atoms with Crippen LogP contribution in [0.1, 0.15) is 37.7 Å². The van der Waals surface area contributed by atoms with Gasteiger partial charge < -0.3 is 10.5 Å². The van der Waals surface area contributed by atoms with Gasteiger partial charge in [0.15, 0.2) is 11.6 Å². The van der Waals surface area contributed by atoms with Crippen molar-refractivity contribution in [2.75, 3.05) is 6.61 Å². The number of hydrogen-bond acceptors (Lipinski definition) is 2. The fraction of sp³-hybridized carbons (Fsp3) is 0.600. The molecule has 1 aliphatic heterocycles. The molecule has 2 unspecified atom stereocenters. The van der Waals surface area contributed by atoms with Crippen molar-refractivity contribution in [3.8, 4) is 0 Å². The molecular weight excluding hydrogens is 248 g/mol. The van der Waals surface area contributed by atoms with Crippen LogP contribution in [0.4, 0.5) is 8.78 Å². The van der Waals surface area contributed by atoms with E-state index >= 15 is 0 Å². The molecule has 2 atom stereocenters. The molecule has 0 radical (unpaired) electrons. The summed E-state index contributed by atoms with van der Waals surface area (Å²) in [6.07, 6.45) is 5.77. The van der Waals surface area contributed by atoms with Crippen molar-refractivity contribution in [2.45, 2.75) is 50.7 Å². The Kier molecular flexibility index (Phi) is 5.28. The van der Waals surface area contributed by atoms with Gasteiger partial charge in [0.2, 0.25) is 0 Å². The van der Waals surface area contributed by atoms with Gasteiger partial charge in [0.25, 0.3) is 0 Å². The second kappa shape index (κ2) is 6.96.